The number of halogens is 1. The summed E-state index contributed by atoms with van der Waals surface area (Å²) in [7, 11) is 4.53. The maximum atomic E-state index is 12.7. The molecule has 1 heterocycles. The topological polar surface area (TPSA) is 68.6 Å². The highest BCUT2D eigenvalue weighted by Crippen LogP contribution is 2.28. The van der Waals surface area contributed by atoms with Crippen molar-refractivity contribution in [2.75, 3.05) is 27.1 Å². The van der Waals surface area contributed by atoms with Gasteiger partial charge in [-0.1, -0.05) is 6.07 Å². The van der Waals surface area contributed by atoms with Gasteiger partial charge in [0.1, 0.15) is 0 Å². The molecule has 0 bridgehead atoms. The van der Waals surface area contributed by atoms with Gasteiger partial charge in [-0.25, -0.2) is 9.59 Å². The third-order valence-electron chi connectivity index (χ3n) is 3.91. The van der Waals surface area contributed by atoms with E-state index in [4.69, 9.17) is 16.3 Å². The summed E-state index contributed by atoms with van der Waals surface area (Å²) in [6.45, 7) is 0. The zero-order valence-electron chi connectivity index (χ0n) is 14.5. The molecule has 0 unspecified atom stereocenters. The fourth-order valence-corrected chi connectivity index (χ4v) is 2.86. The third-order valence-corrected chi connectivity index (χ3v) is 4.18. The van der Waals surface area contributed by atoms with Crippen LogP contribution in [-0.4, -0.2) is 54.3 Å². The Morgan fingerprint density at radius 2 is 1.88 bits per heavy atom. The first kappa shape index (κ1) is 19.0. The van der Waals surface area contributed by atoms with E-state index >= 15 is 0 Å². The van der Waals surface area contributed by atoms with Gasteiger partial charge in [-0.15, -0.1) is 11.6 Å². The molecule has 0 saturated heterocycles. The van der Waals surface area contributed by atoms with E-state index < -0.39 is 5.97 Å². The standard InChI is InChI=1S/C18H21ClN2O4/c1-20(2)18(24)21-11-13(15(22)9-4-5-10-19)16-12(17(23)25-3)7-6-8-14(16)21/h6-8,11H,4-5,9-10H2,1-3H3. The number of ether oxygens (including phenoxy) is 1. The summed E-state index contributed by atoms with van der Waals surface area (Å²) >= 11 is 5.67. The van der Waals surface area contributed by atoms with Crippen molar-refractivity contribution < 1.29 is 19.1 Å². The maximum absolute atomic E-state index is 12.7. The number of alkyl halides is 1. The number of carbonyl (C=O) groups is 3. The van der Waals surface area contributed by atoms with Gasteiger partial charge >= 0.3 is 12.0 Å². The minimum Gasteiger partial charge on any atom is -0.465 e. The molecule has 0 atom stereocenters. The number of benzene rings is 1. The molecule has 7 heteroatoms. The number of Topliss-reactive ketones (excluding diaryl/α,β-unsaturated/α-hetero) is 1. The number of ketones is 1. The van der Waals surface area contributed by atoms with E-state index in [0.717, 1.165) is 6.42 Å². The molecule has 2 rings (SSSR count). The lowest BCUT2D eigenvalue weighted by Gasteiger charge is -2.11. The molecular weight excluding hydrogens is 344 g/mol. The first-order valence-corrected chi connectivity index (χ1v) is 8.49. The number of fused-ring (bicyclic) bond motifs is 1. The largest absolute Gasteiger partial charge is 0.465 e. The Balaban J connectivity index is 2.64. The molecule has 0 aliphatic heterocycles. The fourth-order valence-electron chi connectivity index (χ4n) is 2.67. The van der Waals surface area contributed by atoms with Crippen molar-refractivity contribution in [1.29, 1.82) is 0 Å². The Labute approximate surface area is 151 Å². The van der Waals surface area contributed by atoms with Crippen LogP contribution in [0.3, 0.4) is 0 Å². The average molecular weight is 365 g/mol. The Morgan fingerprint density at radius 1 is 1.16 bits per heavy atom. The summed E-state index contributed by atoms with van der Waals surface area (Å²) in [5.41, 5.74) is 1.12. The van der Waals surface area contributed by atoms with Crippen molar-refractivity contribution in [1.82, 2.24) is 9.47 Å². The van der Waals surface area contributed by atoms with Gasteiger partial charge in [0.2, 0.25) is 0 Å². The summed E-state index contributed by atoms with van der Waals surface area (Å²) in [5, 5.41) is 0.445. The second-order valence-electron chi connectivity index (χ2n) is 5.85. The molecule has 6 nitrogen and oxygen atoms in total. The highest BCUT2D eigenvalue weighted by atomic mass is 35.5. The van der Waals surface area contributed by atoms with Crippen LogP contribution in [0.25, 0.3) is 10.9 Å². The van der Waals surface area contributed by atoms with Crippen molar-refractivity contribution >= 4 is 40.3 Å². The molecule has 0 spiro atoms. The number of esters is 1. The molecule has 0 aliphatic carbocycles. The number of unbranched alkanes of at least 4 members (excludes halogenated alkanes) is 1. The number of amides is 1. The Kier molecular flexibility index (Phi) is 6.20. The van der Waals surface area contributed by atoms with E-state index in [9.17, 15) is 14.4 Å². The van der Waals surface area contributed by atoms with Crippen molar-refractivity contribution in [3.8, 4) is 0 Å². The van der Waals surface area contributed by atoms with E-state index in [0.29, 0.717) is 35.2 Å². The van der Waals surface area contributed by atoms with Gasteiger partial charge < -0.3 is 9.64 Å². The lowest BCUT2D eigenvalue weighted by molar-refractivity contribution is 0.0603. The molecular formula is C18H21ClN2O4. The fraction of sp³-hybridized carbons (Fsp3) is 0.389. The van der Waals surface area contributed by atoms with Crippen molar-refractivity contribution in [2.45, 2.75) is 19.3 Å². The predicted octanol–water partition coefficient (Wildman–Crippen LogP) is 3.55. The molecule has 0 N–H and O–H groups in total. The Hall–Kier alpha value is -2.34. The van der Waals surface area contributed by atoms with Crippen LogP contribution in [0.1, 0.15) is 40.0 Å². The van der Waals surface area contributed by atoms with Crippen LogP contribution < -0.4 is 0 Å². The molecule has 0 aliphatic rings. The number of aromatic nitrogens is 1. The highest BCUT2D eigenvalue weighted by Gasteiger charge is 2.23. The SMILES string of the molecule is COC(=O)c1cccc2c1c(C(=O)CCCCCl)cn2C(=O)N(C)C. The molecule has 1 amide bonds. The van der Waals surface area contributed by atoms with Crippen LogP contribution in [-0.2, 0) is 4.74 Å². The number of hydrogen-bond acceptors (Lipinski definition) is 4. The van der Waals surface area contributed by atoms with Gasteiger partial charge in [0.05, 0.1) is 18.2 Å². The molecule has 2 aromatic rings. The number of methoxy groups -OCH3 is 1. The van der Waals surface area contributed by atoms with E-state index in [1.165, 1.54) is 22.8 Å². The van der Waals surface area contributed by atoms with E-state index in [1.54, 1.807) is 32.3 Å². The van der Waals surface area contributed by atoms with Crippen molar-refractivity contribution in [3.63, 3.8) is 0 Å². The van der Waals surface area contributed by atoms with Crippen LogP contribution >= 0.6 is 11.6 Å². The Morgan fingerprint density at radius 3 is 2.48 bits per heavy atom. The normalized spacial score (nSPS) is 10.7. The lowest BCUT2D eigenvalue weighted by Crippen LogP contribution is -2.26. The maximum Gasteiger partial charge on any atom is 0.338 e. The molecule has 0 radical (unpaired) electrons. The van der Waals surface area contributed by atoms with Crippen molar-refractivity contribution in [2.24, 2.45) is 0 Å². The number of carbonyl (C=O) groups excluding carboxylic acids is 3. The van der Waals surface area contributed by atoms with Crippen LogP contribution in [0.4, 0.5) is 4.79 Å². The molecule has 1 aromatic carbocycles. The van der Waals surface area contributed by atoms with Crippen molar-refractivity contribution in [3.05, 3.63) is 35.5 Å². The summed E-state index contributed by atoms with van der Waals surface area (Å²) in [5.74, 6) is -0.186. The molecule has 0 fully saturated rings. The highest BCUT2D eigenvalue weighted by molar-refractivity contribution is 6.18. The van der Waals surface area contributed by atoms with Gasteiger partial charge in [-0.2, -0.15) is 0 Å². The Bertz CT molecular complexity index is 811. The monoisotopic (exact) mass is 364 g/mol. The molecule has 134 valence electrons. The summed E-state index contributed by atoms with van der Waals surface area (Å²) in [4.78, 5) is 38.6. The van der Waals surface area contributed by atoms with E-state index in [1.807, 2.05) is 0 Å². The van der Waals surface area contributed by atoms with Gasteiger partial charge in [-0.3, -0.25) is 9.36 Å². The number of hydrogen-bond donors (Lipinski definition) is 0. The zero-order chi connectivity index (χ0) is 18.6. The van der Waals surface area contributed by atoms with Gasteiger partial charge in [0.25, 0.3) is 0 Å². The first-order chi connectivity index (χ1) is 11.9. The molecule has 25 heavy (non-hydrogen) atoms. The van der Waals surface area contributed by atoms with Gasteiger partial charge in [0, 0.05) is 43.5 Å². The van der Waals surface area contributed by atoms with Crippen LogP contribution in [0, 0.1) is 0 Å². The predicted molar refractivity (Wildman–Crippen MR) is 96.7 cm³/mol. The van der Waals surface area contributed by atoms with Gasteiger partial charge in [0.15, 0.2) is 5.78 Å². The first-order valence-electron chi connectivity index (χ1n) is 7.95. The van der Waals surface area contributed by atoms with Crippen LogP contribution in [0.2, 0.25) is 0 Å². The lowest BCUT2D eigenvalue weighted by atomic mass is 10.0. The van der Waals surface area contributed by atoms with E-state index in [2.05, 4.69) is 0 Å². The molecule has 0 saturated carbocycles. The zero-order valence-corrected chi connectivity index (χ0v) is 15.3. The summed E-state index contributed by atoms with van der Waals surface area (Å²) in [6, 6.07) is 4.66. The van der Waals surface area contributed by atoms with Gasteiger partial charge in [-0.05, 0) is 25.0 Å². The minimum absolute atomic E-state index is 0.128. The number of nitrogens with zero attached hydrogens (tertiary/aromatic N) is 2. The number of rotatable bonds is 6. The van der Waals surface area contributed by atoms with Crippen LogP contribution in [0.15, 0.2) is 24.4 Å². The average Bonchev–Trinajstić information content (AvgIpc) is 3.00. The summed E-state index contributed by atoms with van der Waals surface area (Å²) < 4.78 is 6.21. The molecule has 1 aromatic heterocycles. The summed E-state index contributed by atoms with van der Waals surface area (Å²) in [6.07, 6.45) is 3.18. The van der Waals surface area contributed by atoms with Crippen LogP contribution in [0.5, 0.6) is 0 Å². The third kappa shape index (κ3) is 3.85. The van der Waals surface area contributed by atoms with E-state index in [-0.39, 0.29) is 17.4 Å². The second-order valence-corrected chi connectivity index (χ2v) is 6.23. The second kappa shape index (κ2) is 8.16. The smallest absolute Gasteiger partial charge is 0.338 e. The minimum atomic E-state index is -0.546. The quantitative estimate of drug-likeness (QED) is 0.340.